The minimum Gasteiger partial charge on any atom is -0.756 e. The van der Waals surface area contributed by atoms with Crippen molar-refractivity contribution in [2.75, 3.05) is 7.05 Å². The van der Waals surface area contributed by atoms with Gasteiger partial charge in [-0.3, -0.25) is 4.79 Å². The van der Waals surface area contributed by atoms with Crippen LogP contribution < -0.4 is 0 Å². The zero-order valence-electron chi connectivity index (χ0n) is 6.45. The minimum atomic E-state index is -0.563. The zero-order valence-corrected chi connectivity index (χ0v) is 7.21. The van der Waals surface area contributed by atoms with Crippen molar-refractivity contribution in [2.24, 2.45) is 0 Å². The molecule has 1 aromatic rings. The third kappa shape index (κ3) is 1.96. The van der Waals surface area contributed by atoms with E-state index in [1.807, 2.05) is 0 Å². The van der Waals surface area contributed by atoms with Gasteiger partial charge in [0.15, 0.2) is 0 Å². The van der Waals surface area contributed by atoms with Crippen molar-refractivity contribution in [1.82, 2.24) is 5.06 Å². The first-order valence-electron chi connectivity index (χ1n) is 3.32. The molecule has 0 heterocycles. The van der Waals surface area contributed by atoms with Crippen LogP contribution >= 0.6 is 11.6 Å². The lowest BCUT2D eigenvalue weighted by Gasteiger charge is -2.21. The summed E-state index contributed by atoms with van der Waals surface area (Å²) in [7, 11) is 1.16. The predicted molar refractivity (Wildman–Crippen MR) is 46.9 cm³/mol. The number of hydroxylamine groups is 2. The molecular formula is C8H7ClNO2-. The van der Waals surface area contributed by atoms with Gasteiger partial charge in [-0.25, -0.2) is 0 Å². The van der Waals surface area contributed by atoms with E-state index in [1.165, 1.54) is 12.1 Å². The molecule has 0 radical (unpaired) electrons. The largest absolute Gasteiger partial charge is 0.756 e. The van der Waals surface area contributed by atoms with Crippen LogP contribution in [-0.4, -0.2) is 18.0 Å². The van der Waals surface area contributed by atoms with E-state index in [-0.39, 0.29) is 5.06 Å². The van der Waals surface area contributed by atoms with Crippen molar-refractivity contribution in [1.29, 1.82) is 0 Å². The maximum absolute atomic E-state index is 11.0. The molecule has 0 atom stereocenters. The molecule has 0 saturated carbocycles. The standard InChI is InChI=1S/C8H7ClNO2/c1-10(12)8(11)6-2-4-7(9)5-3-6/h2-5H,1H3/q-1. The fraction of sp³-hybridized carbons (Fsp3) is 0.125. The lowest BCUT2D eigenvalue weighted by molar-refractivity contribution is 0.0850. The molecule has 1 aromatic carbocycles. The highest BCUT2D eigenvalue weighted by atomic mass is 35.5. The van der Waals surface area contributed by atoms with Crippen LogP contribution in [0.3, 0.4) is 0 Å². The van der Waals surface area contributed by atoms with Crippen molar-refractivity contribution >= 4 is 17.5 Å². The van der Waals surface area contributed by atoms with Gasteiger partial charge < -0.3 is 10.3 Å². The maximum Gasteiger partial charge on any atom is 0.243 e. The quantitative estimate of drug-likeness (QED) is 0.626. The average Bonchev–Trinajstić information content (AvgIpc) is 2.04. The molecule has 0 aromatic heterocycles. The van der Waals surface area contributed by atoms with Crippen molar-refractivity contribution in [3.05, 3.63) is 40.1 Å². The van der Waals surface area contributed by atoms with Gasteiger partial charge in [0.1, 0.15) is 0 Å². The molecule has 0 aliphatic rings. The van der Waals surface area contributed by atoms with E-state index in [4.69, 9.17) is 11.6 Å². The van der Waals surface area contributed by atoms with Crippen molar-refractivity contribution in [3.63, 3.8) is 0 Å². The van der Waals surface area contributed by atoms with E-state index in [2.05, 4.69) is 0 Å². The number of amides is 1. The van der Waals surface area contributed by atoms with Crippen LogP contribution in [0.4, 0.5) is 0 Å². The first kappa shape index (κ1) is 9.03. The van der Waals surface area contributed by atoms with Crippen LogP contribution in [0.1, 0.15) is 10.4 Å². The summed E-state index contributed by atoms with van der Waals surface area (Å²) in [5, 5.41) is 11.4. The van der Waals surface area contributed by atoms with Gasteiger partial charge in [0.25, 0.3) is 0 Å². The Balaban J connectivity index is 2.90. The lowest BCUT2D eigenvalue weighted by atomic mass is 10.2. The van der Waals surface area contributed by atoms with Gasteiger partial charge >= 0.3 is 0 Å². The maximum atomic E-state index is 11.0. The highest BCUT2D eigenvalue weighted by Crippen LogP contribution is 2.10. The average molecular weight is 185 g/mol. The molecule has 64 valence electrons. The lowest BCUT2D eigenvalue weighted by Crippen LogP contribution is -2.19. The highest BCUT2D eigenvalue weighted by Gasteiger charge is 2.02. The summed E-state index contributed by atoms with van der Waals surface area (Å²) < 4.78 is 0. The number of benzene rings is 1. The zero-order chi connectivity index (χ0) is 9.14. The van der Waals surface area contributed by atoms with Crippen LogP contribution in [0, 0.1) is 5.21 Å². The third-order valence-corrected chi connectivity index (χ3v) is 1.63. The molecule has 0 aliphatic carbocycles. The van der Waals surface area contributed by atoms with E-state index < -0.39 is 5.91 Å². The molecule has 3 nitrogen and oxygen atoms in total. The van der Waals surface area contributed by atoms with Crippen molar-refractivity contribution in [3.8, 4) is 0 Å². The van der Waals surface area contributed by atoms with E-state index in [0.717, 1.165) is 7.05 Å². The molecule has 0 saturated heterocycles. The topological polar surface area (TPSA) is 43.4 Å². The monoisotopic (exact) mass is 184 g/mol. The van der Waals surface area contributed by atoms with Gasteiger partial charge in [-0.1, -0.05) is 11.6 Å². The van der Waals surface area contributed by atoms with Crippen LogP contribution in [0.2, 0.25) is 5.02 Å². The Kier molecular flexibility index (Phi) is 2.68. The predicted octanol–water partition coefficient (Wildman–Crippen LogP) is 1.91. The Labute approximate surface area is 75.1 Å². The van der Waals surface area contributed by atoms with Gasteiger partial charge in [0, 0.05) is 10.6 Å². The van der Waals surface area contributed by atoms with Crippen molar-refractivity contribution in [2.45, 2.75) is 0 Å². The Morgan fingerprint density at radius 3 is 2.33 bits per heavy atom. The number of carbonyl (C=O) groups is 1. The molecule has 0 unspecified atom stereocenters. The summed E-state index contributed by atoms with van der Waals surface area (Å²) in [5.41, 5.74) is 0.344. The summed E-state index contributed by atoms with van der Waals surface area (Å²) >= 11 is 5.59. The molecule has 12 heavy (non-hydrogen) atoms. The summed E-state index contributed by atoms with van der Waals surface area (Å²) in [6.07, 6.45) is 0. The Bertz CT molecular complexity index is 282. The smallest absolute Gasteiger partial charge is 0.243 e. The summed E-state index contributed by atoms with van der Waals surface area (Å²) in [6, 6.07) is 6.16. The Morgan fingerprint density at radius 1 is 1.42 bits per heavy atom. The van der Waals surface area contributed by atoms with E-state index in [9.17, 15) is 10.0 Å². The molecular weight excluding hydrogens is 178 g/mol. The van der Waals surface area contributed by atoms with Gasteiger partial charge in [0.2, 0.25) is 5.91 Å². The van der Waals surface area contributed by atoms with Crippen LogP contribution in [0.15, 0.2) is 24.3 Å². The SMILES string of the molecule is CN([O-])C(=O)c1ccc(Cl)cc1. The fourth-order valence-corrected chi connectivity index (χ4v) is 0.900. The summed E-state index contributed by atoms with van der Waals surface area (Å²) in [4.78, 5) is 11.0. The number of nitrogens with zero attached hydrogens (tertiary/aromatic N) is 1. The first-order chi connectivity index (χ1) is 5.61. The molecule has 0 aliphatic heterocycles. The Hall–Kier alpha value is -1.06. The van der Waals surface area contributed by atoms with E-state index >= 15 is 0 Å². The second kappa shape index (κ2) is 3.56. The second-order valence-corrected chi connectivity index (χ2v) is 2.75. The third-order valence-electron chi connectivity index (χ3n) is 1.38. The number of rotatable bonds is 1. The minimum absolute atomic E-state index is 0.281. The highest BCUT2D eigenvalue weighted by molar-refractivity contribution is 6.30. The van der Waals surface area contributed by atoms with E-state index in [1.54, 1.807) is 12.1 Å². The number of hydrogen-bond acceptors (Lipinski definition) is 2. The Morgan fingerprint density at radius 2 is 1.92 bits per heavy atom. The molecule has 1 amide bonds. The van der Waals surface area contributed by atoms with E-state index in [0.29, 0.717) is 10.6 Å². The van der Waals surface area contributed by atoms with Gasteiger partial charge in [0.05, 0.1) is 0 Å². The first-order valence-corrected chi connectivity index (χ1v) is 3.70. The number of hydrogen-bond donors (Lipinski definition) is 0. The summed E-state index contributed by atoms with van der Waals surface area (Å²) in [5.74, 6) is -0.563. The molecule has 4 heteroatoms. The molecule has 0 spiro atoms. The fourth-order valence-electron chi connectivity index (χ4n) is 0.774. The van der Waals surface area contributed by atoms with Gasteiger partial charge in [-0.05, 0) is 31.3 Å². The second-order valence-electron chi connectivity index (χ2n) is 2.31. The molecule has 0 fully saturated rings. The normalized spacial score (nSPS) is 9.58. The van der Waals surface area contributed by atoms with Gasteiger partial charge in [-0.15, -0.1) is 0 Å². The van der Waals surface area contributed by atoms with Crippen LogP contribution in [0.5, 0.6) is 0 Å². The molecule has 0 bridgehead atoms. The molecule has 0 N–H and O–H groups in total. The number of halogens is 1. The summed E-state index contributed by atoms with van der Waals surface area (Å²) in [6.45, 7) is 0. The number of carbonyl (C=O) groups excluding carboxylic acids is 1. The van der Waals surface area contributed by atoms with Crippen molar-refractivity contribution < 1.29 is 4.79 Å². The van der Waals surface area contributed by atoms with Crippen LogP contribution in [-0.2, 0) is 0 Å². The van der Waals surface area contributed by atoms with Gasteiger partial charge in [-0.2, -0.15) is 0 Å². The molecule has 1 rings (SSSR count). The van der Waals surface area contributed by atoms with Crippen LogP contribution in [0.25, 0.3) is 0 Å².